The van der Waals surface area contributed by atoms with E-state index in [9.17, 15) is 0 Å². The first-order valence-corrected chi connectivity index (χ1v) is 22.3. The van der Waals surface area contributed by atoms with Gasteiger partial charge >= 0.3 is 0 Å². The molecule has 0 unspecified atom stereocenters. The molecule has 6 heteroatoms. The first-order valence-electron chi connectivity index (χ1n) is 22.3. The number of hydrogen-bond donors (Lipinski definition) is 0. The van der Waals surface area contributed by atoms with Gasteiger partial charge in [0.1, 0.15) is 11.3 Å². The summed E-state index contributed by atoms with van der Waals surface area (Å²) in [6.45, 7) is 23.9. The minimum Gasteiger partial charge on any atom is -0.290 e. The first kappa shape index (κ1) is 36.9. The Morgan fingerprint density at radius 3 is 1.25 bits per heavy atom. The Bertz CT molecular complexity index is 3340. The number of pyridine rings is 4. The van der Waals surface area contributed by atoms with Crippen molar-refractivity contribution in [2.24, 2.45) is 0 Å². The second-order valence-corrected chi connectivity index (χ2v) is 21.6. The quantitative estimate of drug-likeness (QED) is 0.163. The lowest BCUT2D eigenvalue weighted by molar-refractivity contribution is 0.334. The molecule has 61 heavy (non-hydrogen) atoms. The predicted molar refractivity (Wildman–Crippen MR) is 254 cm³/mol. The molecule has 0 amide bonds. The van der Waals surface area contributed by atoms with Crippen molar-refractivity contribution >= 4 is 77.0 Å². The molecule has 0 saturated carbocycles. The van der Waals surface area contributed by atoms with Crippen LogP contribution in [0.2, 0.25) is 0 Å². The van der Waals surface area contributed by atoms with Gasteiger partial charge in [0.25, 0.3) is 0 Å². The lowest BCUT2D eigenvalue weighted by Crippen LogP contribution is -2.34. The van der Waals surface area contributed by atoms with Gasteiger partial charge in [0.15, 0.2) is 0 Å². The lowest BCUT2D eigenvalue weighted by atomic mass is 9.62. The molecule has 0 radical (unpaired) electrons. The summed E-state index contributed by atoms with van der Waals surface area (Å²) in [4.78, 5) is 22.2. The second kappa shape index (κ2) is 11.7. The number of aromatic nitrogens is 6. The summed E-state index contributed by atoms with van der Waals surface area (Å²) in [7, 11) is 0. The number of nitrogens with zero attached hydrogens (tertiary/aromatic N) is 6. The maximum absolute atomic E-state index is 5.73. The third-order valence-corrected chi connectivity index (χ3v) is 15.6. The van der Waals surface area contributed by atoms with E-state index in [1.165, 1.54) is 43.8 Å². The zero-order valence-corrected chi connectivity index (χ0v) is 37.2. The van der Waals surface area contributed by atoms with E-state index in [1.807, 2.05) is 0 Å². The zero-order valence-electron chi connectivity index (χ0n) is 37.2. The molecule has 12 rings (SSSR count). The minimum atomic E-state index is -0.524. The average molecular weight is 799 g/mol. The van der Waals surface area contributed by atoms with E-state index in [2.05, 4.69) is 175 Å². The number of benzene rings is 4. The summed E-state index contributed by atoms with van der Waals surface area (Å²) < 4.78 is 4.75. The molecule has 2 aliphatic rings. The molecule has 6 heterocycles. The van der Waals surface area contributed by atoms with Gasteiger partial charge in [0, 0.05) is 27.0 Å². The molecule has 2 aliphatic carbocycles. The van der Waals surface area contributed by atoms with E-state index in [4.69, 9.17) is 19.9 Å². The van der Waals surface area contributed by atoms with Gasteiger partial charge in [0.2, 0.25) is 0 Å². The zero-order chi connectivity index (χ0) is 42.2. The SMILES string of the molecule is CC1(C)CCC(C)(C)c2c1ccc1c3nc(C(C)(C)c4ccc5c(n4)c4ccc6c(c4c4nc7ccccc7n54)C(C)(C)CCC6(C)C)ccc3n3c4ccccc4nc3c21. The van der Waals surface area contributed by atoms with E-state index in [0.29, 0.717) is 0 Å². The van der Waals surface area contributed by atoms with Crippen LogP contribution in [0.3, 0.4) is 0 Å². The van der Waals surface area contributed by atoms with Gasteiger partial charge in [-0.05, 0) is 132 Å². The van der Waals surface area contributed by atoms with Gasteiger partial charge in [-0.2, -0.15) is 0 Å². The molecule has 0 bridgehead atoms. The molecule has 0 aliphatic heterocycles. The van der Waals surface area contributed by atoms with E-state index < -0.39 is 5.41 Å². The first-order chi connectivity index (χ1) is 29.0. The molecular weight excluding hydrogens is 745 g/mol. The lowest BCUT2D eigenvalue weighted by Gasteiger charge is -2.42. The molecular formula is C55H54N6. The Morgan fingerprint density at radius 2 is 0.820 bits per heavy atom. The highest BCUT2D eigenvalue weighted by atomic mass is 15.0. The Labute approximate surface area is 357 Å². The fourth-order valence-electron chi connectivity index (χ4n) is 11.7. The van der Waals surface area contributed by atoms with E-state index in [-0.39, 0.29) is 21.7 Å². The summed E-state index contributed by atoms with van der Waals surface area (Å²) in [6, 6.07) is 35.6. The summed E-state index contributed by atoms with van der Waals surface area (Å²) in [5.74, 6) is 0. The van der Waals surface area contributed by atoms with Gasteiger partial charge < -0.3 is 0 Å². The van der Waals surface area contributed by atoms with Crippen LogP contribution < -0.4 is 0 Å². The predicted octanol–water partition coefficient (Wildman–Crippen LogP) is 13.7. The Kier molecular flexibility index (Phi) is 7.10. The van der Waals surface area contributed by atoms with E-state index >= 15 is 0 Å². The molecule has 10 aromatic rings. The molecule has 6 nitrogen and oxygen atoms in total. The third kappa shape index (κ3) is 4.85. The van der Waals surface area contributed by atoms with Crippen LogP contribution in [-0.2, 0) is 27.1 Å². The topological polar surface area (TPSA) is 60.4 Å². The van der Waals surface area contributed by atoms with Crippen molar-refractivity contribution in [3.05, 3.63) is 131 Å². The van der Waals surface area contributed by atoms with Crippen LogP contribution in [0.1, 0.15) is 129 Å². The fraction of sp³-hybridized carbons (Fsp3) is 0.345. The number of fused-ring (bicyclic) bond motifs is 20. The summed E-state index contributed by atoms with van der Waals surface area (Å²) in [5, 5.41) is 4.81. The summed E-state index contributed by atoms with van der Waals surface area (Å²) >= 11 is 0. The van der Waals surface area contributed by atoms with Crippen LogP contribution >= 0.6 is 0 Å². The molecule has 0 fully saturated rings. The highest BCUT2D eigenvalue weighted by Crippen LogP contribution is 2.52. The van der Waals surface area contributed by atoms with E-state index in [0.717, 1.165) is 92.5 Å². The van der Waals surface area contributed by atoms with Crippen LogP contribution in [0, 0.1) is 0 Å². The standard InChI is InChI=1S/C55H54N6/c1-51(2)27-29-53(5,6)45-33(51)21-19-31-43(45)49-56-35-15-11-13-17-37(35)60(49)39-23-25-41(58-47(31)39)55(9,10)42-26-24-40-48(59-42)32-20-22-34-46(54(7,8)30-28-52(34,3)4)44(32)50-57-36-16-12-14-18-38(36)61(40)50/h11-26H,27-30H2,1-10H3. The molecule has 0 N–H and O–H groups in total. The van der Waals surface area contributed by atoms with Gasteiger partial charge in [-0.1, -0.05) is 104 Å². The largest absolute Gasteiger partial charge is 0.290 e. The number of para-hydroxylation sites is 4. The normalized spacial score (nSPS) is 18.3. The van der Waals surface area contributed by atoms with Crippen LogP contribution in [0.4, 0.5) is 0 Å². The molecule has 0 saturated heterocycles. The van der Waals surface area contributed by atoms with Crippen molar-refractivity contribution < 1.29 is 0 Å². The van der Waals surface area contributed by atoms with Crippen LogP contribution in [0.15, 0.2) is 97.1 Å². The minimum absolute atomic E-state index is 0.0124. The maximum Gasteiger partial charge on any atom is 0.146 e. The summed E-state index contributed by atoms with van der Waals surface area (Å²) in [5.41, 5.74) is 17.7. The van der Waals surface area contributed by atoms with Crippen molar-refractivity contribution in [3.63, 3.8) is 0 Å². The monoisotopic (exact) mass is 798 g/mol. The fourth-order valence-corrected chi connectivity index (χ4v) is 11.7. The smallest absolute Gasteiger partial charge is 0.146 e. The van der Waals surface area contributed by atoms with Gasteiger partial charge in [-0.15, -0.1) is 0 Å². The number of hydrogen-bond acceptors (Lipinski definition) is 4. The van der Waals surface area contributed by atoms with Crippen molar-refractivity contribution in [2.75, 3.05) is 0 Å². The Morgan fingerprint density at radius 1 is 0.426 bits per heavy atom. The molecule has 4 aromatic carbocycles. The Hall–Kier alpha value is -5.88. The van der Waals surface area contributed by atoms with Crippen molar-refractivity contribution in [2.45, 2.75) is 122 Å². The summed E-state index contributed by atoms with van der Waals surface area (Å²) in [6.07, 6.45) is 4.56. The van der Waals surface area contributed by atoms with Crippen LogP contribution in [0.5, 0.6) is 0 Å². The molecule has 6 aromatic heterocycles. The van der Waals surface area contributed by atoms with Crippen molar-refractivity contribution in [1.29, 1.82) is 0 Å². The maximum atomic E-state index is 5.73. The van der Waals surface area contributed by atoms with Crippen LogP contribution in [0.25, 0.3) is 77.0 Å². The second-order valence-electron chi connectivity index (χ2n) is 21.6. The number of imidazole rings is 2. The molecule has 0 atom stereocenters. The molecule has 304 valence electrons. The number of rotatable bonds is 2. The average Bonchev–Trinajstić information content (AvgIpc) is 3.83. The Balaban J connectivity index is 1.15. The van der Waals surface area contributed by atoms with Gasteiger partial charge in [-0.25, -0.2) is 19.9 Å². The highest BCUT2D eigenvalue weighted by Gasteiger charge is 2.41. The van der Waals surface area contributed by atoms with E-state index in [1.54, 1.807) is 0 Å². The van der Waals surface area contributed by atoms with Crippen molar-refractivity contribution in [3.8, 4) is 0 Å². The highest BCUT2D eigenvalue weighted by molar-refractivity contribution is 6.16. The third-order valence-electron chi connectivity index (χ3n) is 15.6. The van der Waals surface area contributed by atoms with Crippen molar-refractivity contribution in [1.82, 2.24) is 28.7 Å². The van der Waals surface area contributed by atoms with Crippen LogP contribution in [-0.4, -0.2) is 28.7 Å². The van der Waals surface area contributed by atoms with Gasteiger partial charge in [0.05, 0.1) is 55.5 Å². The molecule has 0 spiro atoms. The van der Waals surface area contributed by atoms with Gasteiger partial charge in [-0.3, -0.25) is 8.80 Å².